The minimum Gasteiger partial charge on any atom is -0.466 e. The lowest BCUT2D eigenvalue weighted by atomic mass is 9.70. The highest BCUT2D eigenvalue weighted by atomic mass is 32.2. The van der Waals surface area contributed by atoms with E-state index >= 15 is 0 Å². The molecule has 0 bridgehead atoms. The van der Waals surface area contributed by atoms with Crippen LogP contribution in [-0.2, 0) is 30.0 Å². The van der Waals surface area contributed by atoms with Crippen LogP contribution in [0, 0.1) is 17.3 Å². The van der Waals surface area contributed by atoms with Gasteiger partial charge in [-0.15, -0.1) is 10.2 Å². The van der Waals surface area contributed by atoms with E-state index in [9.17, 15) is 31.2 Å². The number of carbonyl (C=O) groups excluding carboxylic acids is 2. The molecule has 0 saturated heterocycles. The van der Waals surface area contributed by atoms with Crippen molar-refractivity contribution in [1.29, 1.82) is 0 Å². The Morgan fingerprint density at radius 1 is 1.17 bits per heavy atom. The molecule has 4 rings (SSSR count). The largest absolute Gasteiger partial charge is 0.466 e. The van der Waals surface area contributed by atoms with Gasteiger partial charge in [-0.1, -0.05) is 12.1 Å². The Morgan fingerprint density at radius 2 is 1.77 bits per heavy atom. The van der Waals surface area contributed by atoms with E-state index < -0.39 is 33.7 Å². The standard InChI is InChI=1S/C18H18F3N3O5S/c1-2-29-15(26)13-9-16(13)7-10(8-16)14(25)22-30(27,28)12-5-3-11(4-6-12)17(23-24-17)18(19,20)21/h3-6,10,13H,2,7-9H2,1H3,(H,22,25). The molecule has 1 spiro atoms. The van der Waals surface area contributed by atoms with E-state index in [0.29, 0.717) is 19.3 Å². The van der Waals surface area contributed by atoms with Crippen molar-refractivity contribution in [1.82, 2.24) is 4.72 Å². The lowest BCUT2D eigenvalue weighted by Gasteiger charge is -2.35. The van der Waals surface area contributed by atoms with Crippen LogP contribution in [0.15, 0.2) is 39.4 Å². The lowest BCUT2D eigenvalue weighted by Crippen LogP contribution is -2.43. The predicted molar refractivity (Wildman–Crippen MR) is 94.3 cm³/mol. The Hall–Kier alpha value is -2.50. The topological polar surface area (TPSA) is 114 Å². The number of benzene rings is 1. The van der Waals surface area contributed by atoms with Gasteiger partial charge in [0.1, 0.15) is 0 Å². The molecular formula is C18H18F3N3O5S. The van der Waals surface area contributed by atoms with Gasteiger partial charge in [-0.05, 0) is 43.7 Å². The summed E-state index contributed by atoms with van der Waals surface area (Å²) in [7, 11) is -4.25. The zero-order valence-electron chi connectivity index (χ0n) is 15.8. The molecule has 1 amide bonds. The van der Waals surface area contributed by atoms with Gasteiger partial charge in [-0.3, -0.25) is 9.59 Å². The Balaban J connectivity index is 1.36. The van der Waals surface area contributed by atoms with Gasteiger partial charge in [0.2, 0.25) is 5.91 Å². The summed E-state index contributed by atoms with van der Waals surface area (Å²) in [5.74, 6) is -1.78. The summed E-state index contributed by atoms with van der Waals surface area (Å²) in [4.78, 5) is 23.7. The van der Waals surface area contributed by atoms with E-state index in [1.54, 1.807) is 6.92 Å². The van der Waals surface area contributed by atoms with E-state index in [2.05, 4.69) is 10.2 Å². The fourth-order valence-electron chi connectivity index (χ4n) is 4.07. The number of carbonyl (C=O) groups is 2. The van der Waals surface area contributed by atoms with Crippen LogP contribution >= 0.6 is 0 Å². The SMILES string of the molecule is CCOC(=O)C1CC12CC(C(=O)NS(=O)(=O)c1ccc(C3(C(F)(F)F)N=N3)cc1)C2. The zero-order valence-corrected chi connectivity index (χ0v) is 16.6. The van der Waals surface area contributed by atoms with E-state index in [4.69, 9.17) is 4.74 Å². The minimum absolute atomic E-state index is 0.246. The van der Waals surface area contributed by atoms with Crippen LogP contribution in [0.2, 0.25) is 0 Å². The highest BCUT2D eigenvalue weighted by Crippen LogP contribution is 2.68. The minimum atomic E-state index is -4.72. The molecule has 30 heavy (non-hydrogen) atoms. The number of halogens is 3. The lowest BCUT2D eigenvalue weighted by molar-refractivity contribution is -0.166. The Labute approximate surface area is 169 Å². The van der Waals surface area contributed by atoms with E-state index in [0.717, 1.165) is 24.3 Å². The highest BCUT2D eigenvalue weighted by molar-refractivity contribution is 7.90. The Morgan fingerprint density at radius 3 is 2.27 bits per heavy atom. The first kappa shape index (κ1) is 20.8. The molecule has 1 atom stereocenters. The smallest absolute Gasteiger partial charge is 0.442 e. The van der Waals surface area contributed by atoms with Crippen molar-refractivity contribution in [3.63, 3.8) is 0 Å². The molecule has 1 unspecified atom stereocenters. The summed E-state index contributed by atoms with van der Waals surface area (Å²) in [5.41, 5.74) is -3.22. The van der Waals surface area contributed by atoms with Crippen LogP contribution in [-0.4, -0.2) is 33.1 Å². The van der Waals surface area contributed by atoms with Gasteiger partial charge in [-0.2, -0.15) is 13.2 Å². The predicted octanol–water partition coefficient (Wildman–Crippen LogP) is 2.65. The molecule has 162 valence electrons. The maximum Gasteiger partial charge on any atom is 0.442 e. The molecule has 1 aromatic carbocycles. The van der Waals surface area contributed by atoms with Gasteiger partial charge in [0.05, 0.1) is 17.4 Å². The molecule has 0 radical (unpaired) electrons. The third-order valence-electron chi connectivity index (χ3n) is 5.93. The molecule has 2 fully saturated rings. The maximum absolute atomic E-state index is 13.0. The quantitative estimate of drug-likeness (QED) is 0.676. The number of hydrogen-bond donors (Lipinski definition) is 1. The average molecular weight is 445 g/mol. The number of esters is 1. The van der Waals surface area contributed by atoms with E-state index in [-0.39, 0.29) is 34.4 Å². The second kappa shape index (κ2) is 6.50. The normalized spacial score (nSPS) is 28.5. The zero-order chi connectivity index (χ0) is 21.9. The van der Waals surface area contributed by atoms with Crippen LogP contribution in [0.1, 0.15) is 31.7 Å². The number of nitrogens with one attached hydrogen (secondary N) is 1. The van der Waals surface area contributed by atoms with Gasteiger partial charge in [0, 0.05) is 11.5 Å². The molecule has 1 N–H and O–H groups in total. The first-order valence-corrected chi connectivity index (χ1v) is 10.8. The summed E-state index contributed by atoms with van der Waals surface area (Å²) in [6.07, 6.45) is -3.30. The van der Waals surface area contributed by atoms with Gasteiger partial charge in [0.25, 0.3) is 10.0 Å². The van der Waals surface area contributed by atoms with Gasteiger partial charge < -0.3 is 4.74 Å². The molecular weight excluding hydrogens is 427 g/mol. The number of rotatable bonds is 6. The molecule has 3 aliphatic rings. The number of alkyl halides is 3. The second-order valence-corrected chi connectivity index (χ2v) is 9.52. The van der Waals surface area contributed by atoms with Crippen molar-refractivity contribution >= 4 is 21.9 Å². The number of sulfonamides is 1. The maximum atomic E-state index is 13.0. The summed E-state index contributed by atoms with van der Waals surface area (Å²) in [6.45, 7) is 1.98. The first-order chi connectivity index (χ1) is 13.9. The molecule has 1 aromatic rings. The van der Waals surface area contributed by atoms with Gasteiger partial charge in [0.15, 0.2) is 0 Å². The summed E-state index contributed by atoms with van der Waals surface area (Å²) in [6, 6.07) is 3.89. The summed E-state index contributed by atoms with van der Waals surface area (Å²) < 4.78 is 70.8. The van der Waals surface area contributed by atoms with Crippen LogP contribution in [0.5, 0.6) is 0 Å². The fourth-order valence-corrected chi connectivity index (χ4v) is 5.11. The van der Waals surface area contributed by atoms with Crippen molar-refractivity contribution < 1.29 is 35.9 Å². The van der Waals surface area contributed by atoms with Crippen molar-refractivity contribution in [3.8, 4) is 0 Å². The first-order valence-electron chi connectivity index (χ1n) is 9.29. The Kier molecular flexibility index (Phi) is 4.50. The van der Waals surface area contributed by atoms with Gasteiger partial charge in [-0.25, -0.2) is 13.1 Å². The number of amides is 1. The number of ether oxygens (including phenoxy) is 1. The molecule has 2 saturated carbocycles. The molecule has 1 heterocycles. The number of nitrogens with zero attached hydrogens (tertiary/aromatic N) is 2. The van der Waals surface area contributed by atoms with Crippen molar-refractivity contribution in [2.24, 2.45) is 27.5 Å². The average Bonchev–Trinajstić information content (AvgIpc) is 3.52. The van der Waals surface area contributed by atoms with E-state index in [1.165, 1.54) is 0 Å². The van der Waals surface area contributed by atoms with E-state index in [1.807, 2.05) is 4.72 Å². The van der Waals surface area contributed by atoms with Crippen LogP contribution in [0.25, 0.3) is 0 Å². The fraction of sp³-hybridized carbons (Fsp3) is 0.556. The van der Waals surface area contributed by atoms with Crippen LogP contribution < -0.4 is 4.72 Å². The molecule has 8 nitrogen and oxygen atoms in total. The third kappa shape index (κ3) is 3.26. The molecule has 12 heteroatoms. The van der Waals surface area contributed by atoms with Gasteiger partial charge >= 0.3 is 17.8 Å². The summed E-state index contributed by atoms with van der Waals surface area (Å²) in [5, 5.41) is 6.11. The van der Waals surface area contributed by atoms with Crippen molar-refractivity contribution in [2.75, 3.05) is 6.61 Å². The van der Waals surface area contributed by atoms with Crippen LogP contribution in [0.3, 0.4) is 0 Å². The van der Waals surface area contributed by atoms with Crippen molar-refractivity contribution in [3.05, 3.63) is 29.8 Å². The Bertz CT molecular complexity index is 1020. The molecule has 1 aliphatic heterocycles. The van der Waals surface area contributed by atoms with Crippen LogP contribution in [0.4, 0.5) is 13.2 Å². The van der Waals surface area contributed by atoms with Crippen molar-refractivity contribution in [2.45, 2.75) is 42.9 Å². The second-order valence-electron chi connectivity index (χ2n) is 7.84. The monoisotopic (exact) mass is 445 g/mol. The highest BCUT2D eigenvalue weighted by Gasteiger charge is 2.67. The third-order valence-corrected chi connectivity index (χ3v) is 7.30. The summed E-state index contributed by atoms with van der Waals surface area (Å²) >= 11 is 0. The molecule has 2 aliphatic carbocycles. The number of hydrogen-bond acceptors (Lipinski definition) is 7. The molecule has 0 aromatic heterocycles.